The van der Waals surface area contributed by atoms with Crippen LogP contribution in [0.15, 0.2) is 36.7 Å². The summed E-state index contributed by atoms with van der Waals surface area (Å²) < 4.78 is 1.55. The molecule has 3 aromatic rings. The Morgan fingerprint density at radius 1 is 1.29 bits per heavy atom. The predicted octanol–water partition coefficient (Wildman–Crippen LogP) is 4.32. The van der Waals surface area contributed by atoms with Gasteiger partial charge in [-0.2, -0.15) is 5.10 Å². The summed E-state index contributed by atoms with van der Waals surface area (Å²) in [6.45, 7) is 6.80. The standard InChI is InChI=1S/C22H24N4O2/c1-14-12-22(2,3)25(4)18-7-5-15(11-16(14)18)6-8-19-17(21(27)28)13-23-20-9-10-24-26(19)20/h5-11,13-14H,12H2,1-4H3,(H,27,28)/b8-6+/t14-/m0/s1. The van der Waals surface area contributed by atoms with Gasteiger partial charge in [0.05, 0.1) is 11.9 Å². The Morgan fingerprint density at radius 2 is 2.07 bits per heavy atom. The lowest BCUT2D eigenvalue weighted by Gasteiger charge is -2.45. The molecular weight excluding hydrogens is 352 g/mol. The van der Waals surface area contributed by atoms with E-state index in [1.54, 1.807) is 22.9 Å². The van der Waals surface area contributed by atoms with Crippen LogP contribution in [-0.4, -0.2) is 38.3 Å². The molecule has 6 nitrogen and oxygen atoms in total. The lowest BCUT2D eigenvalue weighted by molar-refractivity contribution is 0.0695. The summed E-state index contributed by atoms with van der Waals surface area (Å²) in [6, 6.07) is 8.17. The van der Waals surface area contributed by atoms with Crippen molar-refractivity contribution < 1.29 is 9.90 Å². The molecule has 4 rings (SSSR count). The molecule has 0 saturated heterocycles. The minimum Gasteiger partial charge on any atom is -0.478 e. The van der Waals surface area contributed by atoms with Crippen LogP contribution < -0.4 is 4.90 Å². The third-order valence-electron chi connectivity index (χ3n) is 5.77. The van der Waals surface area contributed by atoms with Gasteiger partial charge in [0.25, 0.3) is 0 Å². The number of hydrogen-bond acceptors (Lipinski definition) is 4. The van der Waals surface area contributed by atoms with E-state index in [2.05, 4.69) is 61.0 Å². The van der Waals surface area contributed by atoms with E-state index >= 15 is 0 Å². The molecule has 0 radical (unpaired) electrons. The molecule has 2 aromatic heterocycles. The van der Waals surface area contributed by atoms with Crippen molar-refractivity contribution in [2.75, 3.05) is 11.9 Å². The summed E-state index contributed by atoms with van der Waals surface area (Å²) in [5.41, 5.74) is 4.99. The number of benzene rings is 1. The third kappa shape index (κ3) is 2.95. The molecule has 0 saturated carbocycles. The van der Waals surface area contributed by atoms with Gasteiger partial charge in [-0.3, -0.25) is 0 Å². The first-order valence-corrected chi connectivity index (χ1v) is 9.40. The van der Waals surface area contributed by atoms with Crippen molar-refractivity contribution in [3.05, 3.63) is 59.0 Å². The zero-order valence-electron chi connectivity index (χ0n) is 16.5. The Bertz CT molecular complexity index is 1100. The number of hydrogen-bond donors (Lipinski definition) is 1. The van der Waals surface area contributed by atoms with E-state index in [0.717, 1.165) is 12.0 Å². The van der Waals surface area contributed by atoms with Crippen LogP contribution in [0.25, 0.3) is 17.8 Å². The molecule has 1 aliphatic rings. The number of fused-ring (bicyclic) bond motifs is 2. The van der Waals surface area contributed by atoms with E-state index in [1.165, 1.54) is 17.4 Å². The molecule has 1 N–H and O–H groups in total. The van der Waals surface area contributed by atoms with Crippen LogP contribution >= 0.6 is 0 Å². The van der Waals surface area contributed by atoms with Gasteiger partial charge < -0.3 is 10.0 Å². The van der Waals surface area contributed by atoms with Crippen molar-refractivity contribution in [3.63, 3.8) is 0 Å². The van der Waals surface area contributed by atoms with Crippen LogP contribution in [0.3, 0.4) is 0 Å². The Morgan fingerprint density at radius 3 is 2.82 bits per heavy atom. The van der Waals surface area contributed by atoms with Crippen molar-refractivity contribution in [1.82, 2.24) is 14.6 Å². The summed E-state index contributed by atoms with van der Waals surface area (Å²) >= 11 is 0. The van der Waals surface area contributed by atoms with Crippen molar-refractivity contribution in [3.8, 4) is 0 Å². The highest BCUT2D eigenvalue weighted by Crippen LogP contribution is 2.42. The summed E-state index contributed by atoms with van der Waals surface area (Å²) in [4.78, 5) is 18.1. The molecule has 0 spiro atoms. The minimum atomic E-state index is -1.02. The fourth-order valence-corrected chi connectivity index (χ4v) is 4.09. The maximum atomic E-state index is 11.6. The highest BCUT2D eigenvalue weighted by molar-refractivity contribution is 5.92. The van der Waals surface area contributed by atoms with Crippen molar-refractivity contribution in [2.45, 2.75) is 38.6 Å². The van der Waals surface area contributed by atoms with Gasteiger partial charge in [0.15, 0.2) is 5.65 Å². The molecule has 1 atom stereocenters. The maximum Gasteiger partial charge on any atom is 0.339 e. The number of nitrogens with zero attached hydrogens (tertiary/aromatic N) is 4. The fraction of sp³-hybridized carbons (Fsp3) is 0.318. The summed E-state index contributed by atoms with van der Waals surface area (Å²) in [5.74, 6) is -0.560. The molecule has 6 heteroatoms. The van der Waals surface area contributed by atoms with Gasteiger partial charge in [0.1, 0.15) is 5.56 Å². The highest BCUT2D eigenvalue weighted by Gasteiger charge is 2.33. The topological polar surface area (TPSA) is 70.7 Å². The molecule has 144 valence electrons. The molecule has 0 amide bonds. The molecule has 1 aromatic carbocycles. The van der Waals surface area contributed by atoms with E-state index < -0.39 is 5.97 Å². The van der Waals surface area contributed by atoms with Crippen LogP contribution in [-0.2, 0) is 0 Å². The van der Waals surface area contributed by atoms with Gasteiger partial charge in [0.2, 0.25) is 0 Å². The molecular formula is C22H24N4O2. The first-order valence-electron chi connectivity index (χ1n) is 9.40. The molecule has 1 aliphatic heterocycles. The number of carboxylic acids is 1. The number of aromatic carboxylic acids is 1. The van der Waals surface area contributed by atoms with Crippen molar-refractivity contribution in [1.29, 1.82) is 0 Å². The Labute approximate surface area is 164 Å². The number of aromatic nitrogens is 3. The maximum absolute atomic E-state index is 11.6. The first kappa shape index (κ1) is 18.2. The number of rotatable bonds is 3. The molecule has 0 aliphatic carbocycles. The molecule has 0 fully saturated rings. The van der Waals surface area contributed by atoms with E-state index in [0.29, 0.717) is 17.3 Å². The summed E-state index contributed by atoms with van der Waals surface area (Å²) in [5, 5.41) is 13.7. The molecule has 0 unspecified atom stereocenters. The molecule has 28 heavy (non-hydrogen) atoms. The first-order chi connectivity index (χ1) is 13.3. The number of anilines is 1. The van der Waals surface area contributed by atoms with Crippen LogP contribution in [0.4, 0.5) is 5.69 Å². The van der Waals surface area contributed by atoms with E-state index in [4.69, 9.17) is 0 Å². The minimum absolute atomic E-state index is 0.125. The third-order valence-corrected chi connectivity index (χ3v) is 5.77. The van der Waals surface area contributed by atoms with Crippen LogP contribution in [0.2, 0.25) is 0 Å². The fourth-order valence-electron chi connectivity index (χ4n) is 4.09. The second kappa shape index (κ2) is 6.48. The lowest BCUT2D eigenvalue weighted by Crippen LogP contribution is -2.45. The average Bonchev–Trinajstić information content (AvgIpc) is 3.12. The Balaban J connectivity index is 1.75. The molecule has 0 bridgehead atoms. The molecule has 3 heterocycles. The van der Waals surface area contributed by atoms with Gasteiger partial charge >= 0.3 is 5.97 Å². The van der Waals surface area contributed by atoms with Gasteiger partial charge in [-0.25, -0.2) is 14.3 Å². The Kier molecular flexibility index (Phi) is 4.22. The summed E-state index contributed by atoms with van der Waals surface area (Å²) in [6.07, 6.45) is 7.82. The van der Waals surface area contributed by atoms with Crippen molar-refractivity contribution >= 4 is 29.5 Å². The van der Waals surface area contributed by atoms with E-state index in [9.17, 15) is 9.90 Å². The lowest BCUT2D eigenvalue weighted by atomic mass is 9.80. The van der Waals surface area contributed by atoms with Gasteiger partial charge in [-0.05, 0) is 55.5 Å². The quantitative estimate of drug-likeness (QED) is 0.737. The van der Waals surface area contributed by atoms with Gasteiger partial charge in [-0.1, -0.05) is 19.1 Å². The normalized spacial score (nSPS) is 18.6. The monoisotopic (exact) mass is 376 g/mol. The SMILES string of the molecule is C[C@H]1CC(C)(C)N(C)c2ccc(/C=C/c3c(C(=O)O)cnc4ccnn34)cc21. The zero-order chi connectivity index (χ0) is 20.1. The Hall–Kier alpha value is -3.15. The number of carbonyl (C=O) groups is 1. The number of carboxylic acid groups (broad SMARTS) is 1. The smallest absolute Gasteiger partial charge is 0.339 e. The van der Waals surface area contributed by atoms with Crippen LogP contribution in [0, 0.1) is 0 Å². The second-order valence-electron chi connectivity index (χ2n) is 8.09. The van der Waals surface area contributed by atoms with E-state index in [1.807, 2.05) is 6.08 Å². The zero-order valence-corrected chi connectivity index (χ0v) is 16.5. The van der Waals surface area contributed by atoms with Gasteiger partial charge in [0, 0.05) is 30.5 Å². The highest BCUT2D eigenvalue weighted by atomic mass is 16.4. The largest absolute Gasteiger partial charge is 0.478 e. The van der Waals surface area contributed by atoms with Crippen molar-refractivity contribution in [2.24, 2.45) is 0 Å². The average molecular weight is 376 g/mol. The van der Waals surface area contributed by atoms with Crippen LogP contribution in [0.5, 0.6) is 0 Å². The predicted molar refractivity (Wildman–Crippen MR) is 111 cm³/mol. The van der Waals surface area contributed by atoms with E-state index in [-0.39, 0.29) is 11.1 Å². The van der Waals surface area contributed by atoms with Crippen LogP contribution in [0.1, 0.15) is 60.3 Å². The van der Waals surface area contributed by atoms with Gasteiger partial charge in [-0.15, -0.1) is 0 Å². The summed E-state index contributed by atoms with van der Waals surface area (Å²) in [7, 11) is 2.14. The second-order valence-corrected chi connectivity index (χ2v) is 8.09.